The third kappa shape index (κ3) is 5.52. The number of fused-ring (bicyclic) bond motifs is 2. The van der Waals surface area contributed by atoms with Crippen molar-refractivity contribution in [2.75, 3.05) is 18.5 Å². The fourth-order valence-electron chi connectivity index (χ4n) is 5.59. The Bertz CT molecular complexity index is 1280. The highest BCUT2D eigenvalue weighted by Gasteiger charge is 2.53. The molecule has 2 aromatic rings. The van der Waals surface area contributed by atoms with E-state index in [9.17, 15) is 22.4 Å². The number of sulfonamides is 1. The lowest BCUT2D eigenvalue weighted by Crippen LogP contribution is -2.37. The summed E-state index contributed by atoms with van der Waals surface area (Å²) in [6.07, 6.45) is 2.57. The number of carbonyl (C=O) groups is 2. The Morgan fingerprint density at radius 1 is 1.17 bits per heavy atom. The maximum absolute atomic E-state index is 13.5. The van der Waals surface area contributed by atoms with Crippen LogP contribution in [0.2, 0.25) is 5.02 Å². The molecule has 0 radical (unpaired) electrons. The van der Waals surface area contributed by atoms with Crippen LogP contribution in [0.3, 0.4) is 0 Å². The normalized spacial score (nSPS) is 23.6. The van der Waals surface area contributed by atoms with Crippen LogP contribution in [0, 0.1) is 16.6 Å². The molecule has 2 atom stereocenters. The van der Waals surface area contributed by atoms with E-state index in [1.807, 2.05) is 0 Å². The molecule has 7 nitrogen and oxygen atoms in total. The number of halogens is 2. The molecular formula is C25H28ClFN2O5S. The summed E-state index contributed by atoms with van der Waals surface area (Å²) in [7, 11) is -3.81. The van der Waals surface area contributed by atoms with Gasteiger partial charge in [-0.05, 0) is 66.5 Å². The predicted octanol–water partition coefficient (Wildman–Crippen LogP) is 4.86. The number of nitrogens with one attached hydrogen (secondary N) is 1. The Labute approximate surface area is 209 Å². The third-order valence-electron chi connectivity index (χ3n) is 6.58. The maximum Gasteiger partial charge on any atom is 0.338 e. The quantitative estimate of drug-likeness (QED) is 0.547. The van der Waals surface area contributed by atoms with E-state index in [4.69, 9.17) is 16.3 Å². The zero-order valence-corrected chi connectivity index (χ0v) is 21.4. The summed E-state index contributed by atoms with van der Waals surface area (Å²) in [6, 6.07) is 9.25. The first kappa shape index (κ1) is 25.6. The van der Waals surface area contributed by atoms with Gasteiger partial charge < -0.3 is 10.1 Å². The Morgan fingerprint density at radius 3 is 2.63 bits per heavy atom. The first-order valence-electron chi connectivity index (χ1n) is 11.3. The van der Waals surface area contributed by atoms with E-state index in [2.05, 4.69) is 26.1 Å². The van der Waals surface area contributed by atoms with Crippen LogP contribution in [0.15, 0.2) is 47.4 Å². The Balaban J connectivity index is 1.43. The van der Waals surface area contributed by atoms with Crippen LogP contribution >= 0.6 is 11.6 Å². The van der Waals surface area contributed by atoms with Crippen molar-refractivity contribution in [2.45, 2.75) is 51.0 Å². The highest BCUT2D eigenvalue weighted by molar-refractivity contribution is 7.89. The molecule has 4 rings (SSSR count). The number of hydrogen-bond donors (Lipinski definition) is 1. The SMILES string of the molecule is CC1(C)C[C@@H]2C[C@@](C)(CN2S(=O)(=O)c2cccc(C(=O)OCC(=O)Nc3ccc(F)c(Cl)c3)c2)C1. The molecule has 1 aliphatic heterocycles. The van der Waals surface area contributed by atoms with Gasteiger partial charge in [0, 0.05) is 18.3 Å². The minimum Gasteiger partial charge on any atom is -0.452 e. The van der Waals surface area contributed by atoms with Gasteiger partial charge in [0.15, 0.2) is 6.61 Å². The number of hydrogen-bond acceptors (Lipinski definition) is 5. The van der Waals surface area contributed by atoms with E-state index in [0.717, 1.165) is 25.3 Å². The standard InChI is InChI=1S/C25H28ClFN2O5S/c1-24(2)11-18-12-25(3,14-24)15-29(18)35(32,33)19-6-4-5-16(9-19)23(31)34-13-22(30)28-17-7-8-21(27)20(26)10-17/h4-10,18H,11-15H2,1-3H3,(H,28,30)/t18-,25-/m1/s1. The summed E-state index contributed by atoms with van der Waals surface area (Å²) in [4.78, 5) is 24.7. The minimum absolute atomic E-state index is 0.0197. The molecule has 1 N–H and O–H groups in total. The molecule has 0 spiro atoms. The highest BCUT2D eigenvalue weighted by Crippen LogP contribution is 2.53. The van der Waals surface area contributed by atoms with Gasteiger partial charge in [0.2, 0.25) is 10.0 Å². The van der Waals surface area contributed by atoms with E-state index in [1.165, 1.54) is 36.4 Å². The molecular weight excluding hydrogens is 495 g/mol. The second-order valence-corrected chi connectivity index (χ2v) is 12.8. The van der Waals surface area contributed by atoms with Crippen LogP contribution in [0.5, 0.6) is 0 Å². The van der Waals surface area contributed by atoms with Crippen molar-refractivity contribution < 1.29 is 27.1 Å². The van der Waals surface area contributed by atoms with Crippen LogP contribution in [0.1, 0.15) is 50.4 Å². The fraction of sp³-hybridized carbons (Fsp3) is 0.440. The number of anilines is 1. The monoisotopic (exact) mass is 522 g/mol. The van der Waals surface area contributed by atoms with Gasteiger partial charge in [-0.3, -0.25) is 4.79 Å². The molecule has 188 valence electrons. The largest absolute Gasteiger partial charge is 0.452 e. The Morgan fingerprint density at radius 2 is 1.91 bits per heavy atom. The molecule has 2 aromatic carbocycles. The molecule has 0 aromatic heterocycles. The first-order chi connectivity index (χ1) is 16.3. The van der Waals surface area contributed by atoms with Crippen LogP contribution in [0.4, 0.5) is 10.1 Å². The van der Waals surface area contributed by atoms with Gasteiger partial charge in [-0.25, -0.2) is 17.6 Å². The molecule has 1 amide bonds. The van der Waals surface area contributed by atoms with E-state index >= 15 is 0 Å². The number of esters is 1. The van der Waals surface area contributed by atoms with E-state index in [-0.39, 0.29) is 38.0 Å². The second kappa shape index (κ2) is 9.19. The summed E-state index contributed by atoms with van der Waals surface area (Å²) < 4.78 is 46.9. The molecule has 1 aliphatic carbocycles. The molecule has 1 heterocycles. The smallest absolute Gasteiger partial charge is 0.338 e. The summed E-state index contributed by atoms with van der Waals surface area (Å²) in [6.45, 7) is 6.32. The number of benzene rings is 2. The summed E-state index contributed by atoms with van der Waals surface area (Å²) in [5, 5.41) is 2.30. The maximum atomic E-state index is 13.5. The lowest BCUT2D eigenvalue weighted by atomic mass is 9.65. The van der Waals surface area contributed by atoms with Crippen LogP contribution in [-0.2, 0) is 19.6 Å². The number of amides is 1. The average molecular weight is 523 g/mol. The number of carbonyl (C=O) groups excluding carboxylic acids is 2. The first-order valence-corrected chi connectivity index (χ1v) is 13.1. The van der Waals surface area contributed by atoms with E-state index in [0.29, 0.717) is 6.54 Å². The molecule has 2 bridgehead atoms. The summed E-state index contributed by atoms with van der Waals surface area (Å²) in [5.74, 6) is -2.10. The van der Waals surface area contributed by atoms with Crippen LogP contribution in [0.25, 0.3) is 0 Å². The Kier molecular flexibility index (Phi) is 6.72. The molecule has 1 saturated heterocycles. The van der Waals surface area contributed by atoms with Crippen molar-refractivity contribution in [3.8, 4) is 0 Å². The summed E-state index contributed by atoms with van der Waals surface area (Å²) in [5.41, 5.74) is 0.265. The molecule has 35 heavy (non-hydrogen) atoms. The average Bonchev–Trinajstić information content (AvgIpc) is 3.04. The number of ether oxygens (including phenoxy) is 1. The molecule has 2 aliphatic rings. The second-order valence-electron chi connectivity index (χ2n) is 10.5. The van der Waals surface area contributed by atoms with Crippen molar-refractivity contribution in [3.63, 3.8) is 0 Å². The van der Waals surface area contributed by atoms with Crippen molar-refractivity contribution in [2.24, 2.45) is 10.8 Å². The topological polar surface area (TPSA) is 92.8 Å². The van der Waals surface area contributed by atoms with E-state index < -0.39 is 34.3 Å². The van der Waals surface area contributed by atoms with Crippen molar-refractivity contribution >= 4 is 39.2 Å². The predicted molar refractivity (Wildman–Crippen MR) is 130 cm³/mol. The zero-order chi connectivity index (χ0) is 25.6. The van der Waals surface area contributed by atoms with Crippen LogP contribution in [-0.4, -0.2) is 43.8 Å². The number of rotatable bonds is 6. The minimum atomic E-state index is -3.81. The van der Waals surface area contributed by atoms with Gasteiger partial charge in [0.05, 0.1) is 15.5 Å². The zero-order valence-electron chi connectivity index (χ0n) is 19.8. The van der Waals surface area contributed by atoms with Gasteiger partial charge >= 0.3 is 5.97 Å². The summed E-state index contributed by atoms with van der Waals surface area (Å²) >= 11 is 5.69. The van der Waals surface area contributed by atoms with Crippen molar-refractivity contribution in [3.05, 3.63) is 58.9 Å². The van der Waals surface area contributed by atoms with Gasteiger partial charge in [-0.15, -0.1) is 0 Å². The lowest BCUT2D eigenvalue weighted by Gasteiger charge is -2.39. The number of nitrogens with zero attached hydrogens (tertiary/aromatic N) is 1. The van der Waals surface area contributed by atoms with Gasteiger partial charge in [-0.1, -0.05) is 38.4 Å². The Hall–Kier alpha value is -2.49. The van der Waals surface area contributed by atoms with Crippen molar-refractivity contribution in [1.82, 2.24) is 4.31 Å². The molecule has 10 heteroatoms. The van der Waals surface area contributed by atoms with Gasteiger partial charge in [-0.2, -0.15) is 4.31 Å². The molecule has 1 saturated carbocycles. The van der Waals surface area contributed by atoms with Crippen LogP contribution < -0.4 is 5.32 Å². The van der Waals surface area contributed by atoms with Gasteiger partial charge in [0.25, 0.3) is 5.91 Å². The van der Waals surface area contributed by atoms with Gasteiger partial charge in [0.1, 0.15) is 5.82 Å². The molecule has 2 fully saturated rings. The third-order valence-corrected chi connectivity index (χ3v) is 8.76. The van der Waals surface area contributed by atoms with Crippen molar-refractivity contribution in [1.29, 1.82) is 0 Å². The fourth-order valence-corrected chi connectivity index (χ4v) is 7.59. The molecule has 0 unspecified atom stereocenters. The van der Waals surface area contributed by atoms with E-state index in [1.54, 1.807) is 4.31 Å². The highest BCUT2D eigenvalue weighted by atomic mass is 35.5. The lowest BCUT2D eigenvalue weighted by molar-refractivity contribution is -0.119.